The molecule has 0 atom stereocenters. The Balaban J connectivity index is 2.13. The molecule has 6 nitrogen and oxygen atoms in total. The van der Waals surface area contributed by atoms with Crippen LogP contribution in [0.15, 0.2) is 64.5 Å². The number of rotatable bonds is 5. The Labute approximate surface area is 167 Å². The highest BCUT2D eigenvalue weighted by atomic mass is 32.2. The minimum atomic E-state index is -0.150. The lowest BCUT2D eigenvalue weighted by Gasteiger charge is -2.16. The van der Waals surface area contributed by atoms with Crippen molar-refractivity contribution >= 4 is 29.2 Å². The van der Waals surface area contributed by atoms with Gasteiger partial charge in [-0.25, -0.2) is 4.98 Å². The maximum absolute atomic E-state index is 11.2. The smallest absolute Gasteiger partial charge is 0.221 e. The summed E-state index contributed by atoms with van der Waals surface area (Å²) in [6, 6.07) is 19.2. The molecule has 3 rings (SSSR count). The average molecular weight is 389 g/mol. The van der Waals surface area contributed by atoms with Crippen molar-refractivity contribution in [3.63, 3.8) is 0 Å². The first-order valence-corrected chi connectivity index (χ1v) is 9.38. The highest BCUT2D eigenvalue weighted by molar-refractivity contribution is 7.99. The molecule has 28 heavy (non-hydrogen) atoms. The molecule has 5 N–H and O–H groups in total. The molecule has 0 unspecified atom stereocenters. The second kappa shape index (κ2) is 8.57. The van der Waals surface area contributed by atoms with Gasteiger partial charge in [-0.05, 0) is 29.8 Å². The van der Waals surface area contributed by atoms with E-state index in [2.05, 4.69) is 16.4 Å². The highest BCUT2D eigenvalue weighted by Crippen LogP contribution is 2.38. The monoisotopic (exact) mass is 389 g/mol. The number of pyridine rings is 1. The lowest BCUT2D eigenvalue weighted by Crippen LogP contribution is -2.09. The summed E-state index contributed by atoms with van der Waals surface area (Å²) in [5, 5.41) is 13.1. The third kappa shape index (κ3) is 4.14. The molecule has 0 fully saturated rings. The van der Waals surface area contributed by atoms with Crippen LogP contribution in [-0.2, 0) is 11.3 Å². The van der Waals surface area contributed by atoms with Crippen LogP contribution in [0.1, 0.15) is 18.1 Å². The van der Waals surface area contributed by atoms with Gasteiger partial charge in [0.15, 0.2) is 0 Å². The zero-order valence-electron chi connectivity index (χ0n) is 15.3. The summed E-state index contributed by atoms with van der Waals surface area (Å²) < 4.78 is 0. The van der Waals surface area contributed by atoms with Crippen LogP contribution < -0.4 is 16.8 Å². The van der Waals surface area contributed by atoms with Crippen molar-refractivity contribution in [2.45, 2.75) is 23.4 Å². The van der Waals surface area contributed by atoms with Crippen molar-refractivity contribution in [1.82, 2.24) is 4.98 Å². The number of nitrogens with zero attached hydrogens (tertiary/aromatic N) is 2. The molecule has 0 spiro atoms. The second-order valence-corrected chi connectivity index (χ2v) is 7.08. The van der Waals surface area contributed by atoms with Crippen LogP contribution in [-0.4, -0.2) is 10.9 Å². The number of amides is 1. The van der Waals surface area contributed by atoms with Gasteiger partial charge in [-0.15, -0.1) is 0 Å². The summed E-state index contributed by atoms with van der Waals surface area (Å²) in [5.41, 5.74) is 15.3. The minimum absolute atomic E-state index is 0.150. The number of anilines is 2. The second-order valence-electron chi connectivity index (χ2n) is 6.02. The molecule has 1 aromatic heterocycles. The van der Waals surface area contributed by atoms with Gasteiger partial charge in [0.05, 0.1) is 5.56 Å². The quantitative estimate of drug-likeness (QED) is 0.611. The molecule has 0 radical (unpaired) electrons. The van der Waals surface area contributed by atoms with E-state index < -0.39 is 0 Å². The standard InChI is InChI=1S/C21H19N5OS/c1-13(27)25-15-9-7-14(8-10-15)19-17(11-22)20(24)26-21(18(19)12-23)28-16-5-3-2-4-6-16/h2-10H,11,22H2,1H3,(H2,24,26)(H,25,27). The first kappa shape index (κ1) is 19.4. The number of nitrogens with two attached hydrogens (primary N) is 2. The molecule has 0 aliphatic heterocycles. The Morgan fingerprint density at radius 3 is 2.43 bits per heavy atom. The van der Waals surface area contributed by atoms with Gasteiger partial charge in [0.2, 0.25) is 5.91 Å². The van der Waals surface area contributed by atoms with E-state index in [-0.39, 0.29) is 12.5 Å². The zero-order valence-corrected chi connectivity index (χ0v) is 16.1. The predicted molar refractivity (Wildman–Crippen MR) is 112 cm³/mol. The molecule has 3 aromatic rings. The number of hydrogen-bond acceptors (Lipinski definition) is 6. The average Bonchev–Trinajstić information content (AvgIpc) is 2.68. The van der Waals surface area contributed by atoms with Gasteiger partial charge in [-0.2, -0.15) is 5.26 Å². The fourth-order valence-corrected chi connectivity index (χ4v) is 3.76. The SMILES string of the molecule is CC(=O)Nc1ccc(-c2c(C#N)c(Sc3ccccc3)nc(N)c2CN)cc1. The van der Waals surface area contributed by atoms with Crippen molar-refractivity contribution < 1.29 is 4.79 Å². The van der Waals surface area contributed by atoms with Gasteiger partial charge in [0.1, 0.15) is 16.9 Å². The molecule has 7 heteroatoms. The molecule has 0 saturated carbocycles. The lowest BCUT2D eigenvalue weighted by atomic mass is 9.96. The van der Waals surface area contributed by atoms with E-state index in [0.717, 1.165) is 10.5 Å². The number of nitrogen functional groups attached to an aromatic ring is 1. The summed E-state index contributed by atoms with van der Waals surface area (Å²) in [7, 11) is 0. The molecular weight excluding hydrogens is 370 g/mol. The Morgan fingerprint density at radius 1 is 1.18 bits per heavy atom. The number of hydrogen-bond donors (Lipinski definition) is 3. The first-order chi connectivity index (χ1) is 13.5. The predicted octanol–water partition coefficient (Wildman–Crippen LogP) is 3.77. The van der Waals surface area contributed by atoms with Gasteiger partial charge < -0.3 is 16.8 Å². The number of benzene rings is 2. The van der Waals surface area contributed by atoms with Crippen LogP contribution in [0.5, 0.6) is 0 Å². The lowest BCUT2D eigenvalue weighted by molar-refractivity contribution is -0.114. The largest absolute Gasteiger partial charge is 0.383 e. The number of nitrogens with one attached hydrogen (secondary N) is 1. The van der Waals surface area contributed by atoms with Crippen molar-refractivity contribution in [3.8, 4) is 17.2 Å². The van der Waals surface area contributed by atoms with Gasteiger partial charge in [0, 0.05) is 35.2 Å². The topological polar surface area (TPSA) is 118 Å². The minimum Gasteiger partial charge on any atom is -0.383 e. The van der Waals surface area contributed by atoms with E-state index >= 15 is 0 Å². The van der Waals surface area contributed by atoms with Crippen LogP contribution in [0.4, 0.5) is 11.5 Å². The van der Waals surface area contributed by atoms with Crippen LogP contribution in [0.25, 0.3) is 11.1 Å². The van der Waals surface area contributed by atoms with Crippen LogP contribution in [0, 0.1) is 11.3 Å². The maximum Gasteiger partial charge on any atom is 0.221 e. The number of carbonyl (C=O) groups excluding carboxylic acids is 1. The van der Waals surface area contributed by atoms with Crippen molar-refractivity contribution in [2.24, 2.45) is 5.73 Å². The molecule has 0 bridgehead atoms. The summed E-state index contributed by atoms with van der Waals surface area (Å²) in [6.07, 6.45) is 0. The Hall–Kier alpha value is -3.34. The fourth-order valence-electron chi connectivity index (χ4n) is 2.85. The Kier molecular flexibility index (Phi) is 5.94. The van der Waals surface area contributed by atoms with Crippen LogP contribution in [0.3, 0.4) is 0 Å². The molecule has 2 aromatic carbocycles. The van der Waals surface area contributed by atoms with Gasteiger partial charge >= 0.3 is 0 Å². The summed E-state index contributed by atoms with van der Waals surface area (Å²) >= 11 is 1.38. The summed E-state index contributed by atoms with van der Waals surface area (Å²) in [6.45, 7) is 1.61. The third-order valence-corrected chi connectivity index (χ3v) is 5.06. The Bertz CT molecular complexity index is 1040. The molecular formula is C21H19N5OS. The van der Waals surface area contributed by atoms with Crippen LogP contribution in [0.2, 0.25) is 0 Å². The maximum atomic E-state index is 11.2. The number of carbonyl (C=O) groups is 1. The van der Waals surface area contributed by atoms with Crippen molar-refractivity contribution in [1.29, 1.82) is 5.26 Å². The van der Waals surface area contributed by atoms with Crippen molar-refractivity contribution in [2.75, 3.05) is 11.1 Å². The normalized spacial score (nSPS) is 10.3. The van der Waals surface area contributed by atoms with E-state index in [9.17, 15) is 10.1 Å². The van der Waals surface area contributed by atoms with E-state index in [4.69, 9.17) is 11.5 Å². The summed E-state index contributed by atoms with van der Waals surface area (Å²) in [4.78, 5) is 16.6. The highest BCUT2D eigenvalue weighted by Gasteiger charge is 2.20. The van der Waals surface area contributed by atoms with Crippen LogP contribution >= 0.6 is 11.8 Å². The molecule has 0 aliphatic rings. The van der Waals surface area contributed by atoms with Gasteiger partial charge in [0.25, 0.3) is 0 Å². The summed E-state index contributed by atoms with van der Waals surface area (Å²) in [5.74, 6) is 0.156. The van der Waals surface area contributed by atoms with E-state index in [1.807, 2.05) is 42.5 Å². The third-order valence-electron chi connectivity index (χ3n) is 4.06. The molecule has 1 heterocycles. The Morgan fingerprint density at radius 2 is 1.86 bits per heavy atom. The fraction of sp³-hybridized carbons (Fsp3) is 0.0952. The molecule has 0 saturated heterocycles. The van der Waals surface area contributed by atoms with E-state index in [0.29, 0.717) is 33.2 Å². The first-order valence-electron chi connectivity index (χ1n) is 8.57. The molecule has 140 valence electrons. The molecule has 0 aliphatic carbocycles. The van der Waals surface area contributed by atoms with E-state index in [1.54, 1.807) is 12.1 Å². The van der Waals surface area contributed by atoms with Gasteiger partial charge in [-0.1, -0.05) is 42.1 Å². The number of aromatic nitrogens is 1. The van der Waals surface area contributed by atoms with Crippen molar-refractivity contribution in [3.05, 3.63) is 65.7 Å². The zero-order chi connectivity index (χ0) is 20.1. The number of nitriles is 1. The van der Waals surface area contributed by atoms with E-state index in [1.165, 1.54) is 18.7 Å². The van der Waals surface area contributed by atoms with Gasteiger partial charge in [-0.3, -0.25) is 4.79 Å². The molecule has 1 amide bonds.